The van der Waals surface area contributed by atoms with E-state index in [4.69, 9.17) is 9.72 Å². The minimum atomic E-state index is -1.21. The first-order chi connectivity index (χ1) is 18.0. The second-order valence-electron chi connectivity index (χ2n) is 9.80. The van der Waals surface area contributed by atoms with E-state index in [2.05, 4.69) is 36.3 Å². The molecule has 4 aromatic rings. The third-order valence-corrected chi connectivity index (χ3v) is 6.92. The Morgan fingerprint density at radius 3 is 2.32 bits per heavy atom. The Labute approximate surface area is 218 Å². The Morgan fingerprint density at radius 2 is 1.68 bits per heavy atom. The van der Waals surface area contributed by atoms with Crippen molar-refractivity contribution in [1.29, 1.82) is 0 Å². The number of aromatic nitrogens is 1. The van der Waals surface area contributed by atoms with Gasteiger partial charge in [0.15, 0.2) is 0 Å². The van der Waals surface area contributed by atoms with E-state index < -0.39 is 11.5 Å². The van der Waals surface area contributed by atoms with Gasteiger partial charge in [-0.15, -0.1) is 0 Å². The number of ether oxygens (including phenoxy) is 1. The van der Waals surface area contributed by atoms with Crippen molar-refractivity contribution in [2.75, 3.05) is 27.7 Å². The molecule has 1 heterocycles. The molecule has 0 aliphatic carbocycles. The molecule has 6 heteroatoms. The van der Waals surface area contributed by atoms with Gasteiger partial charge in [0.2, 0.25) is 5.88 Å². The number of hydrogen-bond donors (Lipinski definition) is 1. The highest BCUT2D eigenvalue weighted by molar-refractivity contribution is 5.81. The van der Waals surface area contributed by atoms with Crippen molar-refractivity contribution in [3.8, 4) is 5.88 Å². The lowest BCUT2D eigenvalue weighted by Gasteiger charge is -2.38. The third-order valence-electron chi connectivity index (χ3n) is 6.92. The second-order valence-corrected chi connectivity index (χ2v) is 9.80. The minimum Gasteiger partial charge on any atom is -0.481 e. The molecule has 0 saturated carbocycles. The van der Waals surface area contributed by atoms with Gasteiger partial charge in [0.1, 0.15) is 12.1 Å². The lowest BCUT2D eigenvalue weighted by Crippen LogP contribution is -2.35. The van der Waals surface area contributed by atoms with Gasteiger partial charge >= 0.3 is 0 Å². The summed E-state index contributed by atoms with van der Waals surface area (Å²) < 4.78 is 5.82. The summed E-state index contributed by atoms with van der Waals surface area (Å²) in [6.07, 6.45) is 2.39. The molecule has 0 amide bonds. The van der Waals surface area contributed by atoms with Crippen molar-refractivity contribution >= 4 is 10.9 Å². The predicted molar refractivity (Wildman–Crippen MR) is 149 cm³/mol. The van der Waals surface area contributed by atoms with E-state index in [1.54, 1.807) is 7.11 Å². The number of methoxy groups -OCH3 is 1. The van der Waals surface area contributed by atoms with Crippen LogP contribution in [-0.4, -0.2) is 42.7 Å². The average Bonchev–Trinajstić information content (AvgIpc) is 2.92. The highest BCUT2D eigenvalue weighted by Crippen LogP contribution is 2.48. The molecule has 0 saturated heterocycles. The fourth-order valence-electron chi connectivity index (χ4n) is 5.13. The van der Waals surface area contributed by atoms with Crippen molar-refractivity contribution in [1.82, 2.24) is 9.88 Å². The van der Waals surface area contributed by atoms with Crippen molar-refractivity contribution in [3.05, 3.63) is 112 Å². The Bertz CT molecular complexity index is 1310. The molecule has 6 nitrogen and oxygen atoms in total. The summed E-state index contributed by atoms with van der Waals surface area (Å²) in [5.74, 6) is 0.0421. The number of benzene rings is 3. The molecule has 0 radical (unpaired) electrons. The largest absolute Gasteiger partial charge is 0.481 e. The summed E-state index contributed by atoms with van der Waals surface area (Å²) in [7, 11) is 5.75. The lowest BCUT2D eigenvalue weighted by molar-refractivity contribution is 0.00678. The summed E-state index contributed by atoms with van der Waals surface area (Å²) in [5, 5.41) is 16.6. The van der Waals surface area contributed by atoms with Gasteiger partial charge < -0.3 is 14.7 Å². The van der Waals surface area contributed by atoms with Gasteiger partial charge in [0.25, 0.3) is 0 Å². The van der Waals surface area contributed by atoms with Crippen LogP contribution in [0.2, 0.25) is 0 Å². The Hall–Kier alpha value is -3.61. The first kappa shape index (κ1) is 26.5. The van der Waals surface area contributed by atoms with E-state index in [1.807, 2.05) is 72.8 Å². The van der Waals surface area contributed by atoms with Gasteiger partial charge in [0.05, 0.1) is 12.6 Å². The van der Waals surface area contributed by atoms with Crippen LogP contribution in [0, 0.1) is 4.91 Å². The second kappa shape index (κ2) is 12.1. The van der Waals surface area contributed by atoms with E-state index in [-0.39, 0.29) is 6.54 Å². The van der Waals surface area contributed by atoms with E-state index in [9.17, 15) is 10.0 Å². The number of nitroso groups, excluding NO2 is 1. The lowest BCUT2D eigenvalue weighted by atomic mass is 9.71. The fourth-order valence-corrected chi connectivity index (χ4v) is 5.13. The first-order valence-corrected chi connectivity index (χ1v) is 12.7. The summed E-state index contributed by atoms with van der Waals surface area (Å²) in [4.78, 5) is 17.9. The van der Waals surface area contributed by atoms with Gasteiger partial charge in [-0.1, -0.05) is 71.9 Å². The third kappa shape index (κ3) is 6.04. The van der Waals surface area contributed by atoms with Gasteiger partial charge in [-0.05, 0) is 74.8 Å². The van der Waals surface area contributed by atoms with E-state index in [1.165, 1.54) is 0 Å². The minimum absolute atomic E-state index is 0.0965. The predicted octanol–water partition coefficient (Wildman–Crippen LogP) is 6.26. The van der Waals surface area contributed by atoms with Crippen LogP contribution >= 0.6 is 0 Å². The smallest absolute Gasteiger partial charge is 0.217 e. The SMILES string of the molecule is COc1nc2ccc(CN=O)cc2cc1C(c1ccccc1)C(O)(CCCCN(C)C)c1ccccc1. The number of rotatable bonds is 12. The molecule has 37 heavy (non-hydrogen) atoms. The maximum absolute atomic E-state index is 12.7. The van der Waals surface area contributed by atoms with Crippen LogP contribution in [0.4, 0.5) is 0 Å². The van der Waals surface area contributed by atoms with Crippen LogP contribution in [0.15, 0.2) is 90.1 Å². The van der Waals surface area contributed by atoms with Crippen molar-refractivity contribution in [2.45, 2.75) is 37.3 Å². The van der Waals surface area contributed by atoms with E-state index >= 15 is 0 Å². The molecule has 192 valence electrons. The zero-order chi connectivity index (χ0) is 26.3. The van der Waals surface area contributed by atoms with E-state index in [0.29, 0.717) is 12.3 Å². The zero-order valence-electron chi connectivity index (χ0n) is 21.8. The molecule has 0 bridgehead atoms. The summed E-state index contributed by atoms with van der Waals surface area (Å²) in [6.45, 7) is 1.05. The zero-order valence-corrected chi connectivity index (χ0v) is 21.8. The Kier molecular flexibility index (Phi) is 8.64. The summed E-state index contributed by atoms with van der Waals surface area (Å²) in [5.41, 5.74) is 3.01. The molecule has 0 spiro atoms. The molecular formula is C31H35N3O3. The molecule has 1 aromatic heterocycles. The molecule has 0 fully saturated rings. The van der Waals surface area contributed by atoms with Gasteiger partial charge in [0, 0.05) is 16.9 Å². The van der Waals surface area contributed by atoms with Crippen LogP contribution in [0.3, 0.4) is 0 Å². The maximum Gasteiger partial charge on any atom is 0.217 e. The molecule has 0 aliphatic rings. The normalized spacial score (nSPS) is 13.9. The molecule has 4 rings (SSSR count). The molecular weight excluding hydrogens is 462 g/mol. The maximum atomic E-state index is 12.7. The summed E-state index contributed by atoms with van der Waals surface area (Å²) >= 11 is 0. The van der Waals surface area contributed by atoms with Gasteiger partial charge in [-0.25, -0.2) is 4.98 Å². The number of aliphatic hydroxyl groups is 1. The van der Waals surface area contributed by atoms with Crippen molar-refractivity contribution in [2.24, 2.45) is 5.18 Å². The number of nitrogens with zero attached hydrogens (tertiary/aromatic N) is 3. The number of fused-ring (bicyclic) bond motifs is 1. The van der Waals surface area contributed by atoms with E-state index in [0.717, 1.165) is 52.5 Å². The van der Waals surface area contributed by atoms with Crippen molar-refractivity contribution in [3.63, 3.8) is 0 Å². The highest BCUT2D eigenvalue weighted by Gasteiger charge is 2.42. The standard InChI is InChI=1S/C31H35N3O3/c1-34(2)19-11-10-18-31(35,26-14-8-5-9-15-26)29(24-12-6-4-7-13-24)27-21-25-20-23(22-32-36)16-17-28(25)33-30(27)37-3/h4-9,12-17,20-21,29,35H,10-11,18-19,22H2,1-3H3. The Morgan fingerprint density at radius 1 is 0.973 bits per heavy atom. The van der Waals surface area contributed by atoms with Gasteiger partial charge in [-0.2, -0.15) is 4.91 Å². The molecule has 0 aliphatic heterocycles. The van der Waals surface area contributed by atoms with Crippen LogP contribution in [0.1, 0.15) is 47.4 Å². The van der Waals surface area contributed by atoms with Gasteiger partial charge in [-0.3, -0.25) is 0 Å². The Balaban J connectivity index is 1.92. The number of pyridine rings is 1. The number of hydrogen-bond acceptors (Lipinski definition) is 6. The monoisotopic (exact) mass is 497 g/mol. The van der Waals surface area contributed by atoms with Crippen molar-refractivity contribution < 1.29 is 9.84 Å². The molecule has 2 atom stereocenters. The topological polar surface area (TPSA) is 75.0 Å². The number of unbranched alkanes of at least 4 members (excludes halogenated alkanes) is 1. The molecule has 3 aromatic carbocycles. The average molecular weight is 498 g/mol. The van der Waals surface area contributed by atoms with Crippen LogP contribution in [0.25, 0.3) is 10.9 Å². The fraction of sp³-hybridized carbons (Fsp3) is 0.323. The molecule has 2 unspecified atom stereocenters. The first-order valence-electron chi connectivity index (χ1n) is 12.7. The highest BCUT2D eigenvalue weighted by atomic mass is 16.5. The van der Waals surface area contributed by atoms with Crippen LogP contribution in [-0.2, 0) is 12.1 Å². The molecule has 1 N–H and O–H groups in total. The summed E-state index contributed by atoms with van der Waals surface area (Å²) in [6, 6.07) is 27.7. The van der Waals surface area contributed by atoms with Crippen LogP contribution < -0.4 is 4.74 Å². The van der Waals surface area contributed by atoms with Crippen LogP contribution in [0.5, 0.6) is 5.88 Å². The quantitative estimate of drug-likeness (QED) is 0.185.